The number of carboxylic acids is 2. The smallest absolute Gasteiger partial charge is 0.442 e. The first-order valence-corrected chi connectivity index (χ1v) is 31.3. The number of hydrogen-bond donors (Lipinski definition) is 8. The van der Waals surface area contributed by atoms with Gasteiger partial charge in [-0.2, -0.15) is 27.9 Å². The van der Waals surface area contributed by atoms with Crippen molar-refractivity contribution in [2.24, 2.45) is 36.2 Å². The fourth-order valence-electron chi connectivity index (χ4n) is 10.7. The van der Waals surface area contributed by atoms with E-state index in [0.717, 1.165) is 109 Å². The van der Waals surface area contributed by atoms with E-state index in [1.165, 1.54) is 38.5 Å². The van der Waals surface area contributed by atoms with Crippen molar-refractivity contribution in [3.63, 3.8) is 0 Å². The Morgan fingerprint density at radius 3 is 1.40 bits per heavy atom. The highest BCUT2D eigenvalue weighted by Gasteiger charge is 2.61. The molecule has 32 nitrogen and oxygen atoms in total. The largest absolute Gasteiger partial charge is 0.489 e. The van der Waals surface area contributed by atoms with Crippen LogP contribution in [-0.4, -0.2) is 170 Å². The summed E-state index contributed by atoms with van der Waals surface area (Å²) in [5.41, 5.74) is 8.74. The summed E-state index contributed by atoms with van der Waals surface area (Å²) < 4.78 is 57.1. The van der Waals surface area contributed by atoms with Gasteiger partial charge in [0.2, 0.25) is 12.4 Å². The Labute approximate surface area is 516 Å². The summed E-state index contributed by atoms with van der Waals surface area (Å²) in [6.45, 7) is 9.71. The number of benzene rings is 2. The van der Waals surface area contributed by atoms with E-state index in [-0.39, 0.29) is 21.7 Å². The summed E-state index contributed by atoms with van der Waals surface area (Å²) in [6.07, 6.45) is 4.71. The number of carbonyl (C=O) groups excluding carboxylic acids is 4. The van der Waals surface area contributed by atoms with Crippen LogP contribution in [0.15, 0.2) is 69.9 Å². The zero-order valence-corrected chi connectivity index (χ0v) is 51.6. The number of aryl methyl sites for hydroxylation is 2. The lowest BCUT2D eigenvalue weighted by Crippen LogP contribution is -2.78. The van der Waals surface area contributed by atoms with Crippen molar-refractivity contribution in [2.45, 2.75) is 102 Å². The molecule has 10 N–H and O–H groups in total. The minimum atomic E-state index is -5.36. The number of amides is 4. The van der Waals surface area contributed by atoms with Crippen LogP contribution in [0.4, 0.5) is 10.3 Å². The van der Waals surface area contributed by atoms with Crippen LogP contribution in [0.5, 0.6) is 11.5 Å². The van der Waals surface area contributed by atoms with Gasteiger partial charge in [0, 0.05) is 22.6 Å². The third-order valence-corrected chi connectivity index (χ3v) is 18.0. The number of rotatable bonds is 26. The Kier molecular flexibility index (Phi) is 18.4. The number of hydroxylamine groups is 4. The summed E-state index contributed by atoms with van der Waals surface area (Å²) in [5, 5.41) is 44.6. The van der Waals surface area contributed by atoms with Gasteiger partial charge in [0.05, 0.1) is 35.9 Å². The number of aliphatic carboxylic acids is 2. The van der Waals surface area contributed by atoms with Crippen LogP contribution in [0.2, 0.25) is 0 Å². The highest BCUT2D eigenvalue weighted by molar-refractivity contribution is 7.81. The van der Waals surface area contributed by atoms with Gasteiger partial charge in [-0.1, -0.05) is 10.3 Å². The van der Waals surface area contributed by atoms with Crippen molar-refractivity contribution in [1.82, 2.24) is 50.7 Å². The highest BCUT2D eigenvalue weighted by atomic mass is 32.3. The fourth-order valence-corrected chi connectivity index (χ4v) is 12.8. The summed E-state index contributed by atoms with van der Waals surface area (Å²) >= 11 is 1.84. The number of nitrogens with zero attached hydrogens (tertiary/aromatic N) is 10. The molecule has 0 unspecified atom stereocenters. The van der Waals surface area contributed by atoms with Gasteiger partial charge in [-0.05, 0) is 116 Å². The Hall–Kier alpha value is -8.61. The summed E-state index contributed by atoms with van der Waals surface area (Å²) in [7, 11) is -1.44. The van der Waals surface area contributed by atoms with Gasteiger partial charge in [-0.15, -0.1) is 40.6 Å². The zero-order chi connectivity index (χ0) is 63.7. The highest BCUT2D eigenvalue weighted by Crippen LogP contribution is 2.37. The molecule has 4 saturated heterocycles. The number of ether oxygens (including phenoxy) is 2. The number of hydrogen-bond acceptors (Lipinski definition) is 24. The molecule has 0 spiro atoms. The maximum atomic E-state index is 13.9. The van der Waals surface area contributed by atoms with Gasteiger partial charge in [-0.25, -0.2) is 19.6 Å². The van der Waals surface area contributed by atoms with Crippen LogP contribution in [0.1, 0.15) is 64.8 Å². The second kappa shape index (κ2) is 25.8. The van der Waals surface area contributed by atoms with E-state index in [9.17, 15) is 47.4 Å². The molecule has 0 aliphatic carbocycles. The molecule has 6 aromatic rings. The van der Waals surface area contributed by atoms with E-state index in [1.807, 2.05) is 48.0 Å². The normalized spacial score (nSPS) is 19.8. The molecule has 476 valence electrons. The van der Waals surface area contributed by atoms with Crippen molar-refractivity contribution in [3.8, 4) is 11.5 Å². The Morgan fingerprint density at radius 1 is 0.685 bits per heavy atom. The lowest BCUT2D eigenvalue weighted by atomic mass is 9.84. The number of thiazole rings is 2. The number of anilines is 2. The van der Waals surface area contributed by atoms with Gasteiger partial charge in [0.15, 0.2) is 34.8 Å². The molecule has 4 amide bonds. The van der Waals surface area contributed by atoms with Gasteiger partial charge in [0.25, 0.3) is 35.8 Å². The number of piperidine rings is 2. The minimum absolute atomic E-state index is 0.000775. The summed E-state index contributed by atoms with van der Waals surface area (Å²) in [6, 6.07) is 7.57. The molecule has 2 aromatic carbocycles. The molecule has 4 fully saturated rings. The summed E-state index contributed by atoms with van der Waals surface area (Å²) in [4.78, 5) is 98.9. The second-order valence-electron chi connectivity index (χ2n) is 22.8. The monoisotopic (exact) mass is 1290 g/mol. The van der Waals surface area contributed by atoms with Crippen LogP contribution in [-0.2, 0) is 84.6 Å². The first-order chi connectivity index (χ1) is 42.3. The number of nitrogens with one attached hydrogen (secondary N) is 4. The zero-order valence-electron chi connectivity index (χ0n) is 49.2. The average Bonchev–Trinajstić information content (AvgIpc) is 1.92. The van der Waals surface area contributed by atoms with Crippen LogP contribution >= 0.6 is 22.7 Å². The second-order valence-corrected chi connectivity index (χ2v) is 25.7. The van der Waals surface area contributed by atoms with Crippen molar-refractivity contribution in [3.05, 3.63) is 70.9 Å². The van der Waals surface area contributed by atoms with E-state index in [0.29, 0.717) is 33.5 Å². The molecule has 10 rings (SSSR count). The predicted molar refractivity (Wildman–Crippen MR) is 316 cm³/mol. The molecule has 4 atom stereocenters. The van der Waals surface area contributed by atoms with E-state index in [4.69, 9.17) is 39.2 Å². The van der Waals surface area contributed by atoms with E-state index in [2.05, 4.69) is 50.9 Å². The molecular weight excluding hydrogens is 1220 g/mol. The maximum absolute atomic E-state index is 13.9. The van der Waals surface area contributed by atoms with Gasteiger partial charge in [-0.3, -0.25) is 19.2 Å². The van der Waals surface area contributed by atoms with E-state index < -0.39 is 106 Å². The number of β-lactam (4-membered cyclic amide) rings is 2. The molecule has 0 radical (unpaired) electrons. The lowest BCUT2D eigenvalue weighted by Gasteiger charge is -2.52. The molecular formula is C54H68N16O16S3+2. The lowest BCUT2D eigenvalue weighted by molar-refractivity contribution is -0.776. The molecule has 4 aromatic heterocycles. The number of aromatic nitrogens is 6. The van der Waals surface area contributed by atoms with Crippen LogP contribution in [0, 0.1) is 11.8 Å². The molecule has 89 heavy (non-hydrogen) atoms. The fraction of sp³-hybridized carbons (Fsp3) is 0.481. The van der Waals surface area contributed by atoms with Gasteiger partial charge in [0.1, 0.15) is 59.2 Å². The number of carbonyl (C=O) groups is 6. The molecule has 0 saturated carbocycles. The SMILES string of the molecule is Cn1c2ccc(OC[C@H](O/N=C(\C(=O)N[C@@H]3C(=O)N(OS(=O)(=O)ON4C(=O)[C@@H](NC(=O)/C(=N\O[C@@H](COc5ccc6c(c5)c[n+](CC5CCNCC5)n6C)C(=O)O)c5csc(N)n5)C4(C)C)C3(C)C)c3csc(N)n3)C(=O)O)cc2c[n+]1CC1CCNCC1. The average molecular weight is 1290 g/mol. The van der Waals surface area contributed by atoms with Crippen LogP contribution in [0.3, 0.4) is 0 Å². The van der Waals surface area contributed by atoms with E-state index in [1.54, 1.807) is 24.3 Å². The van der Waals surface area contributed by atoms with Crippen molar-refractivity contribution in [1.29, 1.82) is 0 Å². The predicted octanol–water partition coefficient (Wildman–Crippen LogP) is -0.153. The molecule has 8 heterocycles. The van der Waals surface area contributed by atoms with Crippen LogP contribution in [0.25, 0.3) is 21.8 Å². The number of nitrogen functional groups attached to an aromatic ring is 2. The maximum Gasteiger partial charge on any atom is 0.442 e. The standard InChI is InChI=1S/C54H66N16O16S3/c1-53(2)43(61-45(71)41(35-27-87-51(55)59-35)63-83-39(49(75)76)25-81-33-7-9-37-31(19-33)23-67(65(37)5)21-29-11-15-57-16-12-29)47(73)69(53)85-89(79,80)86-70-48(74)44(54(70,3)4)62-46(72)42(36-28-88-52(56)60-36)64-84-40(50(77)78)26-82-34-8-10-38-32(20-34)24-68(66(38)6)22-30-13-17-58-18-14-30/h7-10,19-20,23-24,27-30,39-40,43-44,57-58H,11-18,21-22,25-26H2,1-6H3,(H6-2,55,56,59,60,61,62,71,72,75,76,77,78)/p+2/b63-41-,64-42-/t39-,40-,43+,44+/m0/s1. The van der Waals surface area contributed by atoms with Crippen LogP contribution < -0.4 is 51.6 Å². The molecule has 4 aliphatic heterocycles. The first kappa shape index (κ1) is 63.4. The topological polar surface area (TPSA) is 407 Å². The quantitative estimate of drug-likeness (QED) is 0.0151. The van der Waals surface area contributed by atoms with Crippen molar-refractivity contribution < 1.29 is 84.5 Å². The first-order valence-electron chi connectivity index (χ1n) is 28.2. The minimum Gasteiger partial charge on any atom is -0.489 e. The third-order valence-electron chi connectivity index (χ3n) is 15.9. The Morgan fingerprint density at radius 2 is 1.07 bits per heavy atom. The Bertz CT molecular complexity index is 3650. The number of nitrogens with two attached hydrogens (primary N) is 2. The van der Waals surface area contributed by atoms with Gasteiger partial charge < -0.3 is 62.1 Å². The number of oxime groups is 2. The third kappa shape index (κ3) is 13.8. The van der Waals surface area contributed by atoms with Crippen molar-refractivity contribution >= 4 is 112 Å². The Balaban J connectivity index is 0.742. The number of carboxylic acid groups (broad SMARTS) is 2. The molecule has 4 aliphatic rings. The van der Waals surface area contributed by atoms with E-state index >= 15 is 0 Å². The van der Waals surface area contributed by atoms with Gasteiger partial charge >= 0.3 is 22.3 Å². The number of fused-ring (bicyclic) bond motifs is 2. The van der Waals surface area contributed by atoms with Crippen molar-refractivity contribution in [2.75, 3.05) is 50.9 Å². The molecule has 35 heteroatoms. The summed E-state index contributed by atoms with van der Waals surface area (Å²) in [5.74, 6) is -5.73. The molecule has 0 bridgehead atoms.